The summed E-state index contributed by atoms with van der Waals surface area (Å²) in [5.74, 6) is 3.81. The van der Waals surface area contributed by atoms with E-state index in [9.17, 15) is 22.4 Å². The molecule has 1 heterocycles. The maximum absolute atomic E-state index is 13.2. The van der Waals surface area contributed by atoms with Crippen LogP contribution in [0.25, 0.3) is 0 Å². The normalized spacial score (nSPS) is 17.2. The zero-order valence-corrected chi connectivity index (χ0v) is 11.9. The van der Waals surface area contributed by atoms with Crippen LogP contribution in [-0.2, 0) is 0 Å². The van der Waals surface area contributed by atoms with Gasteiger partial charge in [0, 0.05) is 11.6 Å². The highest BCUT2D eigenvalue weighted by molar-refractivity contribution is 6.05. The van der Waals surface area contributed by atoms with Crippen molar-refractivity contribution in [3.8, 4) is 11.5 Å². The number of carbonyl (C=O) groups is 1. The molecule has 0 saturated carbocycles. The maximum Gasteiger partial charge on any atom is 0.507 e. The standard InChI is InChI=1S/C15H10F4N2O3/c16-14(17)15(18,19)24-12-8-10(6-7-11(12)23-14)21(20)13(22)9-4-2-1-3-5-9/h1-8H,20H2. The van der Waals surface area contributed by atoms with Gasteiger partial charge in [-0.3, -0.25) is 4.79 Å². The summed E-state index contributed by atoms with van der Waals surface area (Å²) in [6.07, 6.45) is -9.65. The Balaban J connectivity index is 1.91. The van der Waals surface area contributed by atoms with E-state index in [1.54, 1.807) is 18.2 Å². The van der Waals surface area contributed by atoms with Gasteiger partial charge in [-0.2, -0.15) is 17.6 Å². The van der Waals surface area contributed by atoms with E-state index in [0.29, 0.717) is 5.01 Å². The molecule has 1 aliphatic rings. The Labute approximate surface area is 133 Å². The Morgan fingerprint density at radius 1 is 0.917 bits per heavy atom. The first-order valence-corrected chi connectivity index (χ1v) is 6.63. The van der Waals surface area contributed by atoms with Gasteiger partial charge >= 0.3 is 12.2 Å². The lowest BCUT2D eigenvalue weighted by atomic mass is 10.2. The van der Waals surface area contributed by atoms with Gasteiger partial charge in [-0.25, -0.2) is 10.9 Å². The van der Waals surface area contributed by atoms with Gasteiger partial charge in [0.25, 0.3) is 5.91 Å². The number of fused-ring (bicyclic) bond motifs is 1. The second-order valence-corrected chi connectivity index (χ2v) is 4.91. The summed E-state index contributed by atoms with van der Waals surface area (Å²) < 4.78 is 60.6. The van der Waals surface area contributed by atoms with Crippen molar-refractivity contribution in [1.29, 1.82) is 0 Å². The van der Waals surface area contributed by atoms with E-state index in [2.05, 4.69) is 9.47 Å². The third-order valence-electron chi connectivity index (χ3n) is 3.26. The van der Waals surface area contributed by atoms with Crippen molar-refractivity contribution in [2.24, 2.45) is 5.84 Å². The highest BCUT2D eigenvalue weighted by Crippen LogP contribution is 2.47. The van der Waals surface area contributed by atoms with Crippen molar-refractivity contribution >= 4 is 11.6 Å². The van der Waals surface area contributed by atoms with E-state index < -0.39 is 29.6 Å². The van der Waals surface area contributed by atoms with Crippen LogP contribution in [0.5, 0.6) is 11.5 Å². The minimum absolute atomic E-state index is 0.0350. The topological polar surface area (TPSA) is 64.8 Å². The molecule has 0 spiro atoms. The smallest absolute Gasteiger partial charge is 0.421 e. The van der Waals surface area contributed by atoms with Gasteiger partial charge in [-0.15, -0.1) is 0 Å². The number of nitrogens with zero attached hydrogens (tertiary/aromatic N) is 1. The number of hydrazine groups is 1. The van der Waals surface area contributed by atoms with Gasteiger partial charge < -0.3 is 9.47 Å². The van der Waals surface area contributed by atoms with Gasteiger partial charge in [-0.05, 0) is 24.3 Å². The summed E-state index contributed by atoms with van der Waals surface area (Å²) in [6, 6.07) is 11.0. The van der Waals surface area contributed by atoms with E-state index in [1.807, 2.05) is 0 Å². The Morgan fingerprint density at radius 3 is 2.12 bits per heavy atom. The molecule has 2 aromatic rings. The molecule has 9 heteroatoms. The molecule has 1 aliphatic heterocycles. The van der Waals surface area contributed by atoms with Crippen molar-refractivity contribution in [3.63, 3.8) is 0 Å². The summed E-state index contributed by atoms with van der Waals surface area (Å²) in [6.45, 7) is 0. The van der Waals surface area contributed by atoms with Crippen LogP contribution in [-0.4, -0.2) is 18.1 Å². The molecule has 24 heavy (non-hydrogen) atoms. The number of ether oxygens (including phenoxy) is 2. The summed E-state index contributed by atoms with van der Waals surface area (Å²) in [5.41, 5.74) is 0.221. The van der Waals surface area contributed by atoms with Crippen molar-refractivity contribution in [3.05, 3.63) is 54.1 Å². The van der Waals surface area contributed by atoms with Gasteiger partial charge in [0.05, 0.1) is 5.69 Å². The molecule has 0 aliphatic carbocycles. The lowest BCUT2D eigenvalue weighted by Gasteiger charge is -2.32. The first-order chi connectivity index (χ1) is 11.2. The fraction of sp³-hybridized carbons (Fsp3) is 0.133. The molecule has 0 unspecified atom stereocenters. The van der Waals surface area contributed by atoms with Crippen LogP contribution in [0.15, 0.2) is 48.5 Å². The summed E-state index contributed by atoms with van der Waals surface area (Å²) in [7, 11) is 0. The highest BCUT2D eigenvalue weighted by atomic mass is 19.3. The molecule has 0 radical (unpaired) electrons. The van der Waals surface area contributed by atoms with Gasteiger partial charge in [-0.1, -0.05) is 18.2 Å². The van der Waals surface area contributed by atoms with E-state index in [-0.39, 0.29) is 11.3 Å². The molecular weight excluding hydrogens is 332 g/mol. The first-order valence-electron chi connectivity index (χ1n) is 6.63. The second kappa shape index (κ2) is 5.38. The van der Waals surface area contributed by atoms with Gasteiger partial charge in [0.1, 0.15) is 0 Å². The number of halogens is 4. The molecule has 0 bridgehead atoms. The number of hydrogen-bond donors (Lipinski definition) is 1. The first kappa shape index (κ1) is 16.1. The number of benzene rings is 2. The number of anilines is 1. The average Bonchev–Trinajstić information content (AvgIpc) is 2.54. The van der Waals surface area contributed by atoms with Gasteiger partial charge in [0.2, 0.25) is 0 Å². The van der Waals surface area contributed by atoms with Crippen LogP contribution in [0.4, 0.5) is 23.2 Å². The Kier molecular flexibility index (Phi) is 3.60. The molecule has 126 valence electrons. The highest BCUT2D eigenvalue weighted by Gasteiger charge is 2.65. The van der Waals surface area contributed by atoms with E-state index in [0.717, 1.165) is 12.1 Å². The molecule has 0 atom stereocenters. The Hall–Kier alpha value is -2.81. The molecule has 0 saturated heterocycles. The van der Waals surface area contributed by atoms with Crippen LogP contribution >= 0.6 is 0 Å². The van der Waals surface area contributed by atoms with Crippen LogP contribution in [0, 0.1) is 0 Å². The van der Waals surface area contributed by atoms with Crippen molar-refractivity contribution in [2.75, 3.05) is 5.01 Å². The minimum Gasteiger partial charge on any atom is -0.421 e. The summed E-state index contributed by atoms with van der Waals surface area (Å²) in [5, 5.41) is 0.684. The second-order valence-electron chi connectivity index (χ2n) is 4.91. The molecule has 1 amide bonds. The number of nitrogens with two attached hydrogens (primary N) is 1. The molecule has 5 nitrogen and oxygen atoms in total. The third-order valence-corrected chi connectivity index (χ3v) is 3.26. The van der Waals surface area contributed by atoms with Crippen molar-refractivity contribution in [1.82, 2.24) is 0 Å². The number of hydrogen-bond acceptors (Lipinski definition) is 4. The SMILES string of the molecule is NN(C(=O)c1ccccc1)c1ccc2c(c1)OC(F)(F)C(F)(F)O2. The van der Waals surface area contributed by atoms with Crippen LogP contribution < -0.4 is 20.3 Å². The van der Waals surface area contributed by atoms with Gasteiger partial charge in [0.15, 0.2) is 11.5 Å². The fourth-order valence-electron chi connectivity index (χ4n) is 2.04. The van der Waals surface area contributed by atoms with Crippen LogP contribution in [0.1, 0.15) is 10.4 Å². The molecule has 3 rings (SSSR count). The van der Waals surface area contributed by atoms with Crippen LogP contribution in [0.3, 0.4) is 0 Å². The van der Waals surface area contributed by atoms with E-state index in [1.165, 1.54) is 18.2 Å². The predicted molar refractivity (Wildman–Crippen MR) is 75.0 cm³/mol. The predicted octanol–water partition coefficient (Wildman–Crippen LogP) is 3.16. The summed E-state index contributed by atoms with van der Waals surface area (Å²) in [4.78, 5) is 12.2. The lowest BCUT2D eigenvalue weighted by Crippen LogP contribution is -2.52. The third kappa shape index (κ3) is 2.62. The summed E-state index contributed by atoms with van der Waals surface area (Å²) >= 11 is 0. The van der Waals surface area contributed by atoms with Crippen LogP contribution in [0.2, 0.25) is 0 Å². The monoisotopic (exact) mass is 342 g/mol. The zero-order chi connectivity index (χ0) is 17.5. The lowest BCUT2D eigenvalue weighted by molar-refractivity contribution is -0.391. The Morgan fingerprint density at radius 2 is 1.50 bits per heavy atom. The molecule has 0 aromatic heterocycles. The van der Waals surface area contributed by atoms with Crippen molar-refractivity contribution in [2.45, 2.75) is 12.2 Å². The molecule has 2 aromatic carbocycles. The van der Waals surface area contributed by atoms with E-state index in [4.69, 9.17) is 5.84 Å². The molecular formula is C15H10F4N2O3. The maximum atomic E-state index is 13.2. The molecule has 2 N–H and O–H groups in total. The Bertz CT molecular complexity index is 784. The number of rotatable bonds is 2. The quantitative estimate of drug-likeness (QED) is 0.394. The average molecular weight is 342 g/mol. The number of alkyl halides is 4. The minimum atomic E-state index is -4.85. The fourth-order valence-corrected chi connectivity index (χ4v) is 2.04. The number of carbonyl (C=O) groups excluding carboxylic acids is 1. The van der Waals surface area contributed by atoms with E-state index >= 15 is 0 Å². The largest absolute Gasteiger partial charge is 0.507 e. The number of amides is 1. The molecule has 0 fully saturated rings. The van der Waals surface area contributed by atoms with Crippen molar-refractivity contribution < 1.29 is 31.8 Å². The zero-order valence-electron chi connectivity index (χ0n) is 11.9.